The van der Waals surface area contributed by atoms with E-state index in [2.05, 4.69) is 9.72 Å². The van der Waals surface area contributed by atoms with Gasteiger partial charge in [0, 0.05) is 24.2 Å². The maximum absolute atomic E-state index is 10.3. The average Bonchev–Trinajstić information content (AvgIpc) is 2.60. The SMILES string of the molecule is Cn1cc(CO)c2c(Cl)c(OC=O)cnc21. The van der Waals surface area contributed by atoms with Crippen LogP contribution in [0.1, 0.15) is 5.56 Å². The molecule has 0 atom stereocenters. The molecule has 2 rings (SSSR count). The number of hydrogen-bond donors (Lipinski definition) is 1. The lowest BCUT2D eigenvalue weighted by molar-refractivity contribution is -0.120. The highest BCUT2D eigenvalue weighted by molar-refractivity contribution is 6.37. The maximum Gasteiger partial charge on any atom is 0.298 e. The molecule has 6 heteroatoms. The third-order valence-corrected chi connectivity index (χ3v) is 2.69. The van der Waals surface area contributed by atoms with Crippen LogP contribution >= 0.6 is 11.6 Å². The molecule has 5 nitrogen and oxygen atoms in total. The molecule has 2 aromatic heterocycles. The molecule has 0 saturated carbocycles. The second-order valence-corrected chi connectivity index (χ2v) is 3.65. The van der Waals surface area contributed by atoms with E-state index in [0.29, 0.717) is 16.6 Å². The van der Waals surface area contributed by atoms with E-state index in [1.807, 2.05) is 0 Å². The Labute approximate surface area is 96.2 Å². The minimum absolute atomic E-state index is 0.150. The number of rotatable bonds is 3. The highest BCUT2D eigenvalue weighted by Gasteiger charge is 2.14. The first-order chi connectivity index (χ1) is 7.69. The van der Waals surface area contributed by atoms with E-state index < -0.39 is 0 Å². The third-order valence-electron chi connectivity index (χ3n) is 2.31. The van der Waals surface area contributed by atoms with Gasteiger partial charge in [-0.15, -0.1) is 0 Å². The smallest absolute Gasteiger partial charge is 0.298 e. The Hall–Kier alpha value is -1.59. The van der Waals surface area contributed by atoms with Gasteiger partial charge in [0.1, 0.15) is 5.65 Å². The Morgan fingerprint density at radius 2 is 2.44 bits per heavy atom. The van der Waals surface area contributed by atoms with Crippen LogP contribution in [0.25, 0.3) is 11.0 Å². The van der Waals surface area contributed by atoms with Crippen molar-refractivity contribution in [3.05, 3.63) is 23.0 Å². The number of nitrogens with zero attached hydrogens (tertiary/aromatic N) is 2. The van der Waals surface area contributed by atoms with Crippen molar-refractivity contribution in [1.29, 1.82) is 0 Å². The molecule has 0 spiro atoms. The first-order valence-corrected chi connectivity index (χ1v) is 4.90. The van der Waals surface area contributed by atoms with Gasteiger partial charge in [-0.05, 0) is 0 Å². The summed E-state index contributed by atoms with van der Waals surface area (Å²) in [6.45, 7) is 0.138. The van der Waals surface area contributed by atoms with Crippen LogP contribution in [0.15, 0.2) is 12.4 Å². The highest BCUT2D eigenvalue weighted by atomic mass is 35.5. The minimum atomic E-state index is -0.150. The van der Waals surface area contributed by atoms with Crippen molar-refractivity contribution in [3.63, 3.8) is 0 Å². The molecule has 0 aliphatic heterocycles. The summed E-state index contributed by atoms with van der Waals surface area (Å²) in [5.74, 6) is 0.185. The predicted octanol–water partition coefficient (Wildman–Crippen LogP) is 1.25. The van der Waals surface area contributed by atoms with Gasteiger partial charge in [0.05, 0.1) is 17.8 Å². The van der Waals surface area contributed by atoms with Gasteiger partial charge in [-0.1, -0.05) is 11.6 Å². The Kier molecular flexibility index (Phi) is 2.80. The van der Waals surface area contributed by atoms with Crippen molar-refractivity contribution in [3.8, 4) is 5.75 Å². The number of ether oxygens (including phenoxy) is 1. The van der Waals surface area contributed by atoms with Crippen molar-refractivity contribution < 1.29 is 14.6 Å². The molecule has 0 aliphatic rings. The van der Waals surface area contributed by atoms with Gasteiger partial charge in [-0.25, -0.2) is 4.98 Å². The lowest BCUT2D eigenvalue weighted by Crippen LogP contribution is -1.93. The Morgan fingerprint density at radius 1 is 1.69 bits per heavy atom. The summed E-state index contributed by atoms with van der Waals surface area (Å²) in [4.78, 5) is 14.4. The van der Waals surface area contributed by atoms with Crippen molar-refractivity contribution >= 4 is 29.1 Å². The lowest BCUT2D eigenvalue weighted by Gasteiger charge is -2.03. The molecule has 0 bridgehead atoms. The molecule has 0 aliphatic carbocycles. The Bertz CT molecular complexity index is 550. The molecular weight excluding hydrogens is 232 g/mol. The number of carbonyl (C=O) groups excluding carboxylic acids is 1. The molecule has 84 valence electrons. The van der Waals surface area contributed by atoms with Gasteiger partial charge in [0.15, 0.2) is 5.75 Å². The summed E-state index contributed by atoms with van der Waals surface area (Å²) >= 11 is 6.07. The second-order valence-electron chi connectivity index (χ2n) is 3.27. The van der Waals surface area contributed by atoms with Crippen LogP contribution < -0.4 is 4.74 Å². The number of aromatic nitrogens is 2. The monoisotopic (exact) mass is 240 g/mol. The lowest BCUT2D eigenvalue weighted by atomic mass is 10.2. The number of pyridine rings is 1. The normalized spacial score (nSPS) is 10.7. The summed E-state index contributed by atoms with van der Waals surface area (Å²) in [6.07, 6.45) is 3.11. The zero-order valence-corrected chi connectivity index (χ0v) is 9.23. The maximum atomic E-state index is 10.3. The van der Waals surface area contributed by atoms with Crippen LogP contribution in [0.2, 0.25) is 5.02 Å². The first kappa shape index (κ1) is 10.9. The molecule has 16 heavy (non-hydrogen) atoms. The number of aryl methyl sites for hydroxylation is 1. The van der Waals surface area contributed by atoms with Crippen LogP contribution in [0.4, 0.5) is 0 Å². The van der Waals surface area contributed by atoms with Crippen molar-refractivity contribution in [1.82, 2.24) is 9.55 Å². The molecule has 0 amide bonds. The molecule has 0 radical (unpaired) electrons. The molecule has 0 saturated heterocycles. The van der Waals surface area contributed by atoms with Crippen LogP contribution in [0.5, 0.6) is 5.75 Å². The number of hydrogen-bond acceptors (Lipinski definition) is 4. The fraction of sp³-hybridized carbons (Fsp3) is 0.200. The van der Waals surface area contributed by atoms with Gasteiger partial charge in [-0.2, -0.15) is 0 Å². The van der Waals surface area contributed by atoms with Gasteiger partial charge in [0.25, 0.3) is 6.47 Å². The molecule has 0 aromatic carbocycles. The fourth-order valence-electron chi connectivity index (χ4n) is 1.63. The Balaban J connectivity index is 2.75. The highest BCUT2D eigenvalue weighted by Crippen LogP contribution is 2.33. The Morgan fingerprint density at radius 3 is 3.06 bits per heavy atom. The number of carbonyl (C=O) groups is 1. The van der Waals surface area contributed by atoms with Gasteiger partial charge < -0.3 is 14.4 Å². The van der Waals surface area contributed by atoms with Crippen molar-refractivity contribution in [2.75, 3.05) is 0 Å². The molecule has 0 fully saturated rings. The van der Waals surface area contributed by atoms with E-state index in [1.165, 1.54) is 6.20 Å². The van der Waals surface area contributed by atoms with Gasteiger partial charge in [-0.3, -0.25) is 4.79 Å². The molecular formula is C10H9ClN2O3. The largest absolute Gasteiger partial charge is 0.425 e. The zero-order valence-electron chi connectivity index (χ0n) is 8.48. The minimum Gasteiger partial charge on any atom is -0.425 e. The van der Waals surface area contributed by atoms with Gasteiger partial charge >= 0.3 is 0 Å². The number of fused-ring (bicyclic) bond motifs is 1. The van der Waals surface area contributed by atoms with E-state index in [-0.39, 0.29) is 23.9 Å². The van der Waals surface area contributed by atoms with Crippen LogP contribution in [-0.2, 0) is 18.4 Å². The summed E-state index contributed by atoms with van der Waals surface area (Å²) in [7, 11) is 1.80. The van der Waals surface area contributed by atoms with Crippen LogP contribution in [0, 0.1) is 0 Å². The van der Waals surface area contributed by atoms with Gasteiger partial charge in [0.2, 0.25) is 0 Å². The van der Waals surface area contributed by atoms with E-state index in [4.69, 9.17) is 11.6 Å². The molecule has 2 aromatic rings. The summed E-state index contributed by atoms with van der Waals surface area (Å²) < 4.78 is 6.44. The molecule has 1 N–H and O–H groups in total. The van der Waals surface area contributed by atoms with Crippen molar-refractivity contribution in [2.24, 2.45) is 7.05 Å². The number of aliphatic hydroxyl groups is 1. The topological polar surface area (TPSA) is 64.3 Å². The van der Waals surface area contributed by atoms with Crippen LogP contribution in [0.3, 0.4) is 0 Å². The zero-order chi connectivity index (χ0) is 11.7. The summed E-state index contributed by atoms with van der Waals surface area (Å²) in [5.41, 5.74) is 1.28. The second kappa shape index (κ2) is 4.11. The standard InChI is InChI=1S/C10H9ClN2O3/c1-13-3-6(4-14)8-9(11)7(16-5-15)2-12-10(8)13/h2-3,5,14H,4H2,1H3. The molecule has 0 unspecified atom stereocenters. The van der Waals surface area contributed by atoms with Crippen LogP contribution in [-0.4, -0.2) is 21.1 Å². The summed E-state index contributed by atoms with van der Waals surface area (Å²) in [5, 5.41) is 10.1. The number of aliphatic hydroxyl groups excluding tert-OH is 1. The number of halogens is 1. The average molecular weight is 241 g/mol. The van der Waals surface area contributed by atoms with E-state index >= 15 is 0 Å². The van der Waals surface area contributed by atoms with E-state index in [1.54, 1.807) is 17.8 Å². The van der Waals surface area contributed by atoms with E-state index in [9.17, 15) is 9.90 Å². The predicted molar refractivity (Wildman–Crippen MR) is 58.3 cm³/mol. The third kappa shape index (κ3) is 1.54. The summed E-state index contributed by atoms with van der Waals surface area (Å²) in [6, 6.07) is 0. The van der Waals surface area contributed by atoms with Crippen molar-refractivity contribution in [2.45, 2.75) is 6.61 Å². The fourth-order valence-corrected chi connectivity index (χ4v) is 1.93. The molecule has 2 heterocycles. The van der Waals surface area contributed by atoms with E-state index in [0.717, 1.165) is 0 Å². The first-order valence-electron chi connectivity index (χ1n) is 4.52. The quantitative estimate of drug-likeness (QED) is 0.821.